The van der Waals surface area contributed by atoms with Crippen molar-refractivity contribution < 1.29 is 31.8 Å². The van der Waals surface area contributed by atoms with Crippen LogP contribution in [0.1, 0.15) is 5.69 Å². The monoisotopic (exact) mass is 305 g/mol. The number of rotatable bonds is 3. The summed E-state index contributed by atoms with van der Waals surface area (Å²) in [6, 6.07) is 2.49. The third-order valence-corrected chi connectivity index (χ3v) is 2.74. The molecule has 0 saturated heterocycles. The lowest BCUT2D eigenvalue weighted by Crippen LogP contribution is -2.06. The van der Waals surface area contributed by atoms with Crippen molar-refractivity contribution in [2.45, 2.75) is 6.61 Å². The Labute approximate surface area is 115 Å². The second-order valence-corrected chi connectivity index (χ2v) is 3.96. The molecule has 0 atom stereocenters. The van der Waals surface area contributed by atoms with Crippen LogP contribution in [0.15, 0.2) is 12.1 Å². The van der Waals surface area contributed by atoms with Gasteiger partial charge < -0.3 is 9.84 Å². The summed E-state index contributed by atoms with van der Waals surface area (Å²) < 4.78 is 71.8. The van der Waals surface area contributed by atoms with Gasteiger partial charge in [0.15, 0.2) is 23.3 Å². The van der Waals surface area contributed by atoms with Gasteiger partial charge in [0.25, 0.3) is 0 Å². The summed E-state index contributed by atoms with van der Waals surface area (Å²) in [5, 5.41) is 8.97. The topological polar surface area (TPSA) is 42.4 Å². The number of methoxy groups -OCH3 is 1. The molecule has 0 saturated carbocycles. The molecule has 1 heterocycles. The number of nitrogens with zero attached hydrogens (tertiary/aromatic N) is 1. The maximum atomic E-state index is 13.8. The van der Waals surface area contributed by atoms with Crippen LogP contribution in [0.3, 0.4) is 0 Å². The summed E-state index contributed by atoms with van der Waals surface area (Å²) in [5.41, 5.74) is -1.81. The van der Waals surface area contributed by atoms with Gasteiger partial charge in [-0.1, -0.05) is 0 Å². The highest BCUT2D eigenvalue weighted by molar-refractivity contribution is 5.68. The van der Waals surface area contributed by atoms with E-state index in [4.69, 9.17) is 9.84 Å². The maximum absolute atomic E-state index is 13.8. The molecule has 112 valence electrons. The standard InChI is InChI=1S/C13H8F5NO2/c1-21-6-3-2-5(4-20)19-13(6)7-8(14)10(16)12(18)11(17)9(7)15/h2-3,20H,4H2,1H3. The molecule has 0 spiro atoms. The molecular formula is C13H8F5NO2. The lowest BCUT2D eigenvalue weighted by Gasteiger charge is -2.12. The normalized spacial score (nSPS) is 10.8. The van der Waals surface area contributed by atoms with E-state index in [0.29, 0.717) is 0 Å². The van der Waals surface area contributed by atoms with E-state index in [2.05, 4.69) is 4.98 Å². The average molecular weight is 305 g/mol. The fourth-order valence-corrected chi connectivity index (χ4v) is 1.73. The fourth-order valence-electron chi connectivity index (χ4n) is 1.73. The molecule has 1 aromatic heterocycles. The Bertz CT molecular complexity index is 676. The van der Waals surface area contributed by atoms with Crippen molar-refractivity contribution >= 4 is 0 Å². The van der Waals surface area contributed by atoms with E-state index in [0.717, 1.165) is 7.11 Å². The van der Waals surface area contributed by atoms with Crippen molar-refractivity contribution in [1.29, 1.82) is 0 Å². The van der Waals surface area contributed by atoms with Gasteiger partial charge in [-0.3, -0.25) is 0 Å². The van der Waals surface area contributed by atoms with Gasteiger partial charge in [0.05, 0.1) is 25.0 Å². The van der Waals surface area contributed by atoms with Crippen LogP contribution < -0.4 is 4.74 Å². The summed E-state index contributed by atoms with van der Waals surface area (Å²) >= 11 is 0. The summed E-state index contributed by atoms with van der Waals surface area (Å²) in [6.07, 6.45) is 0. The molecule has 0 bridgehead atoms. The highest BCUT2D eigenvalue weighted by Gasteiger charge is 2.29. The Morgan fingerprint density at radius 1 is 0.952 bits per heavy atom. The third-order valence-electron chi connectivity index (χ3n) is 2.74. The summed E-state index contributed by atoms with van der Waals surface area (Å²) in [4.78, 5) is 3.66. The predicted molar refractivity (Wildman–Crippen MR) is 61.9 cm³/mol. The number of benzene rings is 1. The van der Waals surface area contributed by atoms with Crippen LogP contribution >= 0.6 is 0 Å². The minimum atomic E-state index is -2.26. The number of hydrogen-bond donors (Lipinski definition) is 1. The van der Waals surface area contributed by atoms with E-state index in [1.807, 2.05) is 0 Å². The molecule has 0 amide bonds. The lowest BCUT2D eigenvalue weighted by molar-refractivity contribution is 0.276. The molecule has 8 heteroatoms. The highest BCUT2D eigenvalue weighted by Crippen LogP contribution is 2.35. The largest absolute Gasteiger partial charge is 0.494 e. The number of halogens is 5. The molecule has 0 aliphatic carbocycles. The Kier molecular flexibility index (Phi) is 4.08. The minimum absolute atomic E-state index is 0.0188. The van der Waals surface area contributed by atoms with Gasteiger partial charge in [0.2, 0.25) is 5.82 Å². The molecule has 1 N–H and O–H groups in total. The van der Waals surface area contributed by atoms with Gasteiger partial charge >= 0.3 is 0 Å². The molecule has 21 heavy (non-hydrogen) atoms. The van der Waals surface area contributed by atoms with Gasteiger partial charge in [-0.15, -0.1) is 0 Å². The highest BCUT2D eigenvalue weighted by atomic mass is 19.2. The van der Waals surface area contributed by atoms with E-state index >= 15 is 0 Å². The fraction of sp³-hybridized carbons (Fsp3) is 0.154. The smallest absolute Gasteiger partial charge is 0.200 e. The van der Waals surface area contributed by atoms with Crippen LogP contribution in [0.5, 0.6) is 5.75 Å². The van der Waals surface area contributed by atoms with E-state index in [9.17, 15) is 22.0 Å². The number of aliphatic hydroxyl groups is 1. The molecule has 0 aliphatic rings. The van der Waals surface area contributed by atoms with Crippen molar-refractivity contribution in [3.8, 4) is 17.0 Å². The first-order chi connectivity index (χ1) is 9.92. The lowest BCUT2D eigenvalue weighted by atomic mass is 10.1. The van der Waals surface area contributed by atoms with E-state index < -0.39 is 47.0 Å². The third kappa shape index (κ3) is 2.42. The molecule has 3 nitrogen and oxygen atoms in total. The van der Waals surface area contributed by atoms with Gasteiger partial charge in [0, 0.05) is 0 Å². The Morgan fingerprint density at radius 2 is 1.48 bits per heavy atom. The van der Waals surface area contributed by atoms with Crippen LogP contribution in [0, 0.1) is 29.1 Å². The summed E-state index contributed by atoms with van der Waals surface area (Å²) in [7, 11) is 1.14. The van der Waals surface area contributed by atoms with Gasteiger partial charge in [-0.25, -0.2) is 26.9 Å². The summed E-state index contributed by atoms with van der Waals surface area (Å²) in [6.45, 7) is -0.577. The number of ether oxygens (including phenoxy) is 1. The van der Waals surface area contributed by atoms with Gasteiger partial charge in [0.1, 0.15) is 11.4 Å². The van der Waals surface area contributed by atoms with Crippen molar-refractivity contribution in [3.63, 3.8) is 0 Å². The van der Waals surface area contributed by atoms with Crippen molar-refractivity contribution in [2.75, 3.05) is 7.11 Å². The van der Waals surface area contributed by atoms with Gasteiger partial charge in [-0.05, 0) is 12.1 Å². The Morgan fingerprint density at radius 3 is 1.95 bits per heavy atom. The SMILES string of the molecule is COc1ccc(CO)nc1-c1c(F)c(F)c(F)c(F)c1F. The molecule has 2 aromatic rings. The molecule has 1 aromatic carbocycles. The van der Waals surface area contributed by atoms with Gasteiger partial charge in [-0.2, -0.15) is 0 Å². The zero-order valence-electron chi connectivity index (χ0n) is 10.6. The molecule has 2 rings (SSSR count). The first-order valence-electron chi connectivity index (χ1n) is 5.58. The summed E-state index contributed by atoms with van der Waals surface area (Å²) in [5.74, 6) is -10.7. The number of aliphatic hydroxyl groups excluding tert-OH is 1. The van der Waals surface area contributed by atoms with Crippen LogP contribution in [0.4, 0.5) is 22.0 Å². The Hall–Kier alpha value is -2.22. The zero-order chi connectivity index (χ0) is 15.7. The molecule has 0 unspecified atom stereocenters. The first kappa shape index (κ1) is 15.2. The zero-order valence-corrected chi connectivity index (χ0v) is 10.6. The van der Waals surface area contributed by atoms with Crippen molar-refractivity contribution in [3.05, 3.63) is 46.9 Å². The predicted octanol–water partition coefficient (Wildman–Crippen LogP) is 2.95. The number of pyridine rings is 1. The molecule has 0 radical (unpaired) electrons. The molecular weight excluding hydrogens is 297 g/mol. The van der Waals surface area contributed by atoms with Crippen LogP contribution in [0.25, 0.3) is 11.3 Å². The van der Waals surface area contributed by atoms with Crippen molar-refractivity contribution in [1.82, 2.24) is 4.98 Å². The van der Waals surface area contributed by atoms with E-state index in [-0.39, 0.29) is 11.4 Å². The van der Waals surface area contributed by atoms with Crippen molar-refractivity contribution in [2.24, 2.45) is 0 Å². The minimum Gasteiger partial charge on any atom is -0.494 e. The van der Waals surface area contributed by atoms with Crippen LogP contribution in [0.2, 0.25) is 0 Å². The second-order valence-electron chi connectivity index (χ2n) is 3.96. The maximum Gasteiger partial charge on any atom is 0.200 e. The quantitative estimate of drug-likeness (QED) is 0.538. The number of hydrogen-bond acceptors (Lipinski definition) is 3. The van der Waals surface area contributed by atoms with E-state index in [1.54, 1.807) is 0 Å². The Balaban J connectivity index is 2.84. The average Bonchev–Trinajstić information content (AvgIpc) is 2.51. The van der Waals surface area contributed by atoms with Crippen LogP contribution in [-0.4, -0.2) is 17.2 Å². The van der Waals surface area contributed by atoms with Crippen LogP contribution in [-0.2, 0) is 6.61 Å². The molecule has 0 fully saturated rings. The first-order valence-corrected chi connectivity index (χ1v) is 5.58. The second kappa shape index (κ2) is 5.65. The van der Waals surface area contributed by atoms with E-state index in [1.165, 1.54) is 12.1 Å². The molecule has 0 aliphatic heterocycles. The number of aromatic nitrogens is 1.